The van der Waals surface area contributed by atoms with E-state index in [9.17, 15) is 4.79 Å². The minimum atomic E-state index is 0.529. The molecule has 0 N–H and O–H groups in total. The summed E-state index contributed by atoms with van der Waals surface area (Å²) in [7, 11) is 0. The fourth-order valence-electron chi connectivity index (χ4n) is 2.50. The van der Waals surface area contributed by atoms with Crippen molar-refractivity contribution >= 4 is 5.78 Å². The first-order valence-electron chi connectivity index (χ1n) is 4.36. The van der Waals surface area contributed by atoms with Gasteiger partial charge in [0, 0.05) is 12.8 Å². The van der Waals surface area contributed by atoms with Crippen LogP contribution in [0.3, 0.4) is 0 Å². The molecular formula is C9H14O. The number of Topliss-reactive ketones (excluding diaryl/α,β-unsaturated/α-hetero) is 1. The fraction of sp³-hybridized carbons (Fsp3) is 0.889. The van der Waals surface area contributed by atoms with E-state index < -0.39 is 0 Å². The fourth-order valence-corrected chi connectivity index (χ4v) is 2.50. The van der Waals surface area contributed by atoms with Crippen LogP contribution in [0.1, 0.15) is 38.5 Å². The van der Waals surface area contributed by atoms with E-state index in [1.54, 1.807) is 0 Å². The molecule has 0 saturated heterocycles. The zero-order valence-corrected chi connectivity index (χ0v) is 6.31. The van der Waals surface area contributed by atoms with Crippen molar-refractivity contribution in [2.75, 3.05) is 0 Å². The van der Waals surface area contributed by atoms with Crippen molar-refractivity contribution in [1.29, 1.82) is 0 Å². The summed E-state index contributed by atoms with van der Waals surface area (Å²) >= 11 is 0. The SMILES string of the molecule is O=C1C[C@H]2CCC[C@@H](C1)C2. The molecule has 0 unspecified atom stereocenters. The number of hydrogen-bond donors (Lipinski definition) is 0. The van der Waals surface area contributed by atoms with Crippen molar-refractivity contribution in [2.45, 2.75) is 38.5 Å². The van der Waals surface area contributed by atoms with Crippen molar-refractivity contribution in [3.05, 3.63) is 0 Å². The molecule has 0 aliphatic heterocycles. The molecule has 1 nitrogen and oxygen atoms in total. The second kappa shape index (κ2) is 2.37. The van der Waals surface area contributed by atoms with Gasteiger partial charge in [-0.2, -0.15) is 0 Å². The molecule has 0 aromatic rings. The zero-order chi connectivity index (χ0) is 6.97. The van der Waals surface area contributed by atoms with Gasteiger partial charge >= 0.3 is 0 Å². The molecule has 2 saturated carbocycles. The first-order chi connectivity index (χ1) is 4.84. The maximum Gasteiger partial charge on any atom is 0.133 e. The van der Waals surface area contributed by atoms with Crippen LogP contribution < -0.4 is 0 Å². The molecule has 0 aromatic carbocycles. The first-order valence-corrected chi connectivity index (χ1v) is 4.36. The van der Waals surface area contributed by atoms with E-state index in [2.05, 4.69) is 0 Å². The second-order valence-corrected chi connectivity index (χ2v) is 3.85. The molecule has 0 heterocycles. The van der Waals surface area contributed by atoms with Gasteiger partial charge in [0.15, 0.2) is 0 Å². The Labute approximate surface area is 61.8 Å². The highest BCUT2D eigenvalue weighted by atomic mass is 16.1. The summed E-state index contributed by atoms with van der Waals surface area (Å²) in [4.78, 5) is 11.1. The zero-order valence-electron chi connectivity index (χ0n) is 6.31. The Hall–Kier alpha value is -0.330. The van der Waals surface area contributed by atoms with Crippen LogP contribution in [0.2, 0.25) is 0 Å². The Balaban J connectivity index is 2.05. The molecule has 0 radical (unpaired) electrons. The third kappa shape index (κ3) is 1.09. The van der Waals surface area contributed by atoms with Gasteiger partial charge in [-0.3, -0.25) is 4.79 Å². The number of ketones is 1. The molecule has 0 aromatic heterocycles. The Morgan fingerprint density at radius 3 is 2.30 bits per heavy atom. The molecule has 2 rings (SSSR count). The van der Waals surface area contributed by atoms with Crippen molar-refractivity contribution in [2.24, 2.45) is 11.8 Å². The molecule has 2 bridgehead atoms. The molecular weight excluding hydrogens is 124 g/mol. The molecule has 2 atom stereocenters. The van der Waals surface area contributed by atoms with Gasteiger partial charge in [0.25, 0.3) is 0 Å². The van der Waals surface area contributed by atoms with Gasteiger partial charge in [0.1, 0.15) is 5.78 Å². The summed E-state index contributed by atoms with van der Waals surface area (Å²) in [5, 5.41) is 0. The second-order valence-electron chi connectivity index (χ2n) is 3.85. The number of carbonyl (C=O) groups excluding carboxylic acids is 1. The molecule has 0 amide bonds. The summed E-state index contributed by atoms with van der Waals surface area (Å²) in [6.45, 7) is 0. The predicted octanol–water partition coefficient (Wildman–Crippen LogP) is 2.16. The highest BCUT2D eigenvalue weighted by Gasteiger charge is 2.29. The summed E-state index contributed by atoms with van der Waals surface area (Å²) in [5.41, 5.74) is 0. The maximum absolute atomic E-state index is 11.1. The third-order valence-electron chi connectivity index (χ3n) is 2.92. The van der Waals surface area contributed by atoms with Crippen LogP contribution in [0.5, 0.6) is 0 Å². The van der Waals surface area contributed by atoms with Crippen molar-refractivity contribution in [3.8, 4) is 0 Å². The van der Waals surface area contributed by atoms with Gasteiger partial charge < -0.3 is 0 Å². The van der Waals surface area contributed by atoms with Gasteiger partial charge in [-0.05, 0) is 18.3 Å². The summed E-state index contributed by atoms with van der Waals surface area (Å²) in [5.74, 6) is 2.08. The summed E-state index contributed by atoms with van der Waals surface area (Å²) < 4.78 is 0. The predicted molar refractivity (Wildman–Crippen MR) is 39.7 cm³/mol. The van der Waals surface area contributed by atoms with Crippen LogP contribution in [0.15, 0.2) is 0 Å². The number of fused-ring (bicyclic) bond motifs is 2. The van der Waals surface area contributed by atoms with Crippen LogP contribution in [0.4, 0.5) is 0 Å². The lowest BCUT2D eigenvalue weighted by Crippen LogP contribution is -2.26. The lowest BCUT2D eigenvalue weighted by molar-refractivity contribution is -0.123. The Kier molecular flexibility index (Phi) is 1.51. The van der Waals surface area contributed by atoms with Crippen LogP contribution in [-0.2, 0) is 4.79 Å². The first kappa shape index (κ1) is 6.38. The van der Waals surface area contributed by atoms with Gasteiger partial charge in [0.2, 0.25) is 0 Å². The highest BCUT2D eigenvalue weighted by molar-refractivity contribution is 5.79. The van der Waals surface area contributed by atoms with Gasteiger partial charge in [-0.25, -0.2) is 0 Å². The minimum absolute atomic E-state index is 0.529. The third-order valence-corrected chi connectivity index (χ3v) is 2.92. The summed E-state index contributed by atoms with van der Waals surface area (Å²) in [6, 6.07) is 0. The standard InChI is InChI=1S/C9H14O/c10-9-5-7-2-1-3-8(4-7)6-9/h7-8H,1-6H2/t7-,8+. The average Bonchev–Trinajstić information content (AvgIpc) is 1.85. The highest BCUT2D eigenvalue weighted by Crippen LogP contribution is 2.37. The number of carbonyl (C=O) groups is 1. The topological polar surface area (TPSA) is 17.1 Å². The van der Waals surface area contributed by atoms with Crippen LogP contribution in [0.25, 0.3) is 0 Å². The smallest absolute Gasteiger partial charge is 0.133 e. The van der Waals surface area contributed by atoms with Crippen molar-refractivity contribution in [1.82, 2.24) is 0 Å². The number of rotatable bonds is 0. The number of hydrogen-bond acceptors (Lipinski definition) is 1. The normalized spacial score (nSPS) is 39.8. The average molecular weight is 138 g/mol. The van der Waals surface area contributed by atoms with E-state index in [1.165, 1.54) is 25.7 Å². The van der Waals surface area contributed by atoms with Gasteiger partial charge in [-0.15, -0.1) is 0 Å². The van der Waals surface area contributed by atoms with E-state index in [0.717, 1.165) is 24.7 Å². The van der Waals surface area contributed by atoms with E-state index >= 15 is 0 Å². The maximum atomic E-state index is 11.1. The van der Waals surface area contributed by atoms with Crippen LogP contribution in [-0.4, -0.2) is 5.78 Å². The largest absolute Gasteiger partial charge is 0.300 e. The van der Waals surface area contributed by atoms with E-state index in [0.29, 0.717) is 5.78 Å². The minimum Gasteiger partial charge on any atom is -0.300 e. The van der Waals surface area contributed by atoms with Crippen LogP contribution >= 0.6 is 0 Å². The molecule has 0 spiro atoms. The Morgan fingerprint density at radius 1 is 1.10 bits per heavy atom. The monoisotopic (exact) mass is 138 g/mol. The van der Waals surface area contributed by atoms with Crippen molar-refractivity contribution in [3.63, 3.8) is 0 Å². The molecule has 2 fully saturated rings. The van der Waals surface area contributed by atoms with Crippen molar-refractivity contribution < 1.29 is 4.79 Å². The Morgan fingerprint density at radius 2 is 1.70 bits per heavy atom. The quantitative estimate of drug-likeness (QED) is 0.501. The molecule has 1 heteroatoms. The van der Waals surface area contributed by atoms with E-state index in [4.69, 9.17) is 0 Å². The van der Waals surface area contributed by atoms with E-state index in [1.807, 2.05) is 0 Å². The summed E-state index contributed by atoms with van der Waals surface area (Å²) in [6.07, 6.45) is 7.17. The van der Waals surface area contributed by atoms with Crippen LogP contribution in [0, 0.1) is 11.8 Å². The molecule has 2 aliphatic carbocycles. The Bertz CT molecular complexity index is 137. The van der Waals surface area contributed by atoms with Gasteiger partial charge in [-0.1, -0.05) is 19.3 Å². The molecule has 2 aliphatic rings. The van der Waals surface area contributed by atoms with E-state index in [-0.39, 0.29) is 0 Å². The van der Waals surface area contributed by atoms with Gasteiger partial charge in [0.05, 0.1) is 0 Å². The lowest BCUT2D eigenvalue weighted by atomic mass is 9.72. The lowest BCUT2D eigenvalue weighted by Gasteiger charge is -2.32. The molecule has 10 heavy (non-hydrogen) atoms. The molecule has 56 valence electrons.